The number of amides is 1. The van der Waals surface area contributed by atoms with Gasteiger partial charge in [-0.15, -0.1) is 0 Å². The Morgan fingerprint density at radius 3 is 2.45 bits per heavy atom. The van der Waals surface area contributed by atoms with Crippen LogP contribution in [0.15, 0.2) is 84.0 Å². The minimum Gasteiger partial charge on any atom is -0.487 e. The molecule has 0 radical (unpaired) electrons. The van der Waals surface area contributed by atoms with Crippen LogP contribution >= 0.6 is 0 Å². The van der Waals surface area contributed by atoms with Gasteiger partial charge in [-0.2, -0.15) is 0 Å². The summed E-state index contributed by atoms with van der Waals surface area (Å²) in [6.45, 7) is 0.617. The van der Waals surface area contributed by atoms with Crippen LogP contribution in [0.2, 0.25) is 0 Å². The van der Waals surface area contributed by atoms with Crippen LogP contribution in [0.4, 0.5) is 11.4 Å². The lowest BCUT2D eigenvalue weighted by molar-refractivity contribution is -0.697. The number of nitrogens with zero attached hydrogens (tertiary/aromatic N) is 2. The predicted octanol–water partition coefficient (Wildman–Crippen LogP) is 1.58. The molecular formula is C22H25N4O4S+. The molecule has 31 heavy (non-hydrogen) atoms. The number of sulfonamides is 1. The first kappa shape index (κ1) is 22.1. The molecule has 0 aliphatic heterocycles. The van der Waals surface area contributed by atoms with E-state index in [0.29, 0.717) is 30.3 Å². The molecule has 0 atom stereocenters. The summed E-state index contributed by atoms with van der Waals surface area (Å²) < 4.78 is 35.2. The number of anilines is 2. The molecule has 0 aliphatic rings. The Morgan fingerprint density at radius 2 is 1.77 bits per heavy atom. The van der Waals surface area contributed by atoms with Crippen LogP contribution in [0, 0.1) is 0 Å². The molecule has 0 unspecified atom stereocenters. The lowest BCUT2D eigenvalue weighted by Gasteiger charge is -2.24. The normalized spacial score (nSPS) is 11.0. The van der Waals surface area contributed by atoms with E-state index in [-0.39, 0.29) is 11.4 Å². The first-order valence-electron chi connectivity index (χ1n) is 9.66. The fraction of sp³-hybridized carbons (Fsp3) is 0.182. The highest BCUT2D eigenvalue weighted by atomic mass is 32.2. The SMILES string of the molecule is CNC(=O)CN(c1cccc(OCC[n+]2ccc(N)cc2)c1)S(=O)(=O)c1ccccc1. The Kier molecular flexibility index (Phi) is 7.09. The first-order valence-corrected chi connectivity index (χ1v) is 11.1. The van der Waals surface area contributed by atoms with Gasteiger partial charge in [-0.05, 0) is 24.3 Å². The number of nitrogen functional groups attached to an aromatic ring is 1. The molecule has 2 aromatic carbocycles. The van der Waals surface area contributed by atoms with Gasteiger partial charge in [-0.3, -0.25) is 9.10 Å². The van der Waals surface area contributed by atoms with Crippen molar-refractivity contribution in [1.29, 1.82) is 0 Å². The summed E-state index contributed by atoms with van der Waals surface area (Å²) in [5.41, 5.74) is 6.71. The van der Waals surface area contributed by atoms with Crippen LogP contribution in [0.25, 0.3) is 0 Å². The van der Waals surface area contributed by atoms with Crippen LogP contribution in [-0.2, 0) is 21.4 Å². The summed E-state index contributed by atoms with van der Waals surface area (Å²) in [4.78, 5) is 12.2. The second kappa shape index (κ2) is 9.94. The number of nitrogens with two attached hydrogens (primary N) is 1. The summed E-state index contributed by atoms with van der Waals surface area (Å²) in [5, 5.41) is 2.47. The summed E-state index contributed by atoms with van der Waals surface area (Å²) >= 11 is 0. The molecule has 0 bridgehead atoms. The van der Waals surface area contributed by atoms with E-state index in [4.69, 9.17) is 10.5 Å². The van der Waals surface area contributed by atoms with Gasteiger partial charge in [-0.1, -0.05) is 24.3 Å². The second-order valence-electron chi connectivity index (χ2n) is 6.71. The van der Waals surface area contributed by atoms with Crippen LogP contribution in [0.3, 0.4) is 0 Å². The van der Waals surface area contributed by atoms with E-state index in [1.807, 2.05) is 17.0 Å². The maximum atomic E-state index is 13.2. The molecule has 8 nitrogen and oxygen atoms in total. The Bertz CT molecular complexity index is 1120. The Labute approximate surface area is 181 Å². The van der Waals surface area contributed by atoms with Crippen molar-refractivity contribution in [2.75, 3.05) is 30.2 Å². The average molecular weight is 442 g/mol. The van der Waals surface area contributed by atoms with E-state index in [2.05, 4.69) is 5.32 Å². The van der Waals surface area contributed by atoms with Gasteiger partial charge < -0.3 is 15.8 Å². The van der Waals surface area contributed by atoms with Gasteiger partial charge in [0.15, 0.2) is 18.9 Å². The van der Waals surface area contributed by atoms with Gasteiger partial charge in [0.1, 0.15) is 18.9 Å². The summed E-state index contributed by atoms with van der Waals surface area (Å²) in [6.07, 6.45) is 3.71. The van der Waals surface area contributed by atoms with Gasteiger partial charge in [0.2, 0.25) is 5.91 Å². The Hall–Kier alpha value is -3.59. The summed E-state index contributed by atoms with van der Waals surface area (Å²) in [7, 11) is -2.48. The van der Waals surface area contributed by atoms with Crippen molar-refractivity contribution >= 4 is 27.3 Å². The van der Waals surface area contributed by atoms with Crippen molar-refractivity contribution in [1.82, 2.24) is 5.32 Å². The molecule has 162 valence electrons. The van der Waals surface area contributed by atoms with E-state index >= 15 is 0 Å². The highest BCUT2D eigenvalue weighted by Gasteiger charge is 2.27. The smallest absolute Gasteiger partial charge is 0.264 e. The maximum absolute atomic E-state index is 13.2. The molecule has 1 heterocycles. The minimum absolute atomic E-state index is 0.102. The number of benzene rings is 2. The second-order valence-corrected chi connectivity index (χ2v) is 8.58. The van der Waals surface area contributed by atoms with Crippen LogP contribution in [0.1, 0.15) is 0 Å². The number of ether oxygens (including phenoxy) is 1. The molecule has 0 fully saturated rings. The molecule has 1 aromatic heterocycles. The molecule has 9 heteroatoms. The number of hydrogen-bond donors (Lipinski definition) is 2. The molecule has 3 aromatic rings. The van der Waals surface area contributed by atoms with Crippen molar-refractivity contribution in [2.45, 2.75) is 11.4 Å². The van der Waals surface area contributed by atoms with Gasteiger partial charge in [0.25, 0.3) is 10.0 Å². The monoisotopic (exact) mass is 441 g/mol. The Balaban J connectivity index is 1.81. The van der Waals surface area contributed by atoms with E-state index in [9.17, 15) is 13.2 Å². The highest BCUT2D eigenvalue weighted by molar-refractivity contribution is 7.92. The van der Waals surface area contributed by atoms with Crippen LogP contribution < -0.4 is 24.7 Å². The minimum atomic E-state index is -3.94. The largest absolute Gasteiger partial charge is 0.487 e. The number of aromatic nitrogens is 1. The molecule has 0 spiro atoms. The lowest BCUT2D eigenvalue weighted by Crippen LogP contribution is -2.39. The van der Waals surface area contributed by atoms with Crippen molar-refractivity contribution in [2.24, 2.45) is 0 Å². The van der Waals surface area contributed by atoms with E-state index in [1.54, 1.807) is 54.6 Å². The molecule has 1 amide bonds. The standard InChI is InChI=1S/C22H24N4O4S/c1-24-22(27)17-26(31(28,29)21-8-3-2-4-9-21)19-6-5-7-20(16-19)30-15-14-25-12-10-18(23)11-13-25/h2-13,16,23H,14-15,17H2,1H3,(H,24,27)/p+1. The third-order valence-electron chi connectivity index (χ3n) is 4.54. The number of likely N-dealkylation sites (N-methyl/N-ethyl adjacent to an activating group) is 1. The van der Waals surface area contributed by atoms with Crippen molar-refractivity contribution in [3.8, 4) is 5.75 Å². The fourth-order valence-electron chi connectivity index (χ4n) is 2.86. The maximum Gasteiger partial charge on any atom is 0.264 e. The van der Waals surface area contributed by atoms with Crippen molar-refractivity contribution < 1.29 is 22.5 Å². The van der Waals surface area contributed by atoms with Crippen LogP contribution in [0.5, 0.6) is 5.75 Å². The number of hydrogen-bond acceptors (Lipinski definition) is 5. The van der Waals surface area contributed by atoms with Crippen molar-refractivity contribution in [3.63, 3.8) is 0 Å². The zero-order valence-electron chi connectivity index (χ0n) is 17.1. The predicted molar refractivity (Wildman–Crippen MR) is 118 cm³/mol. The van der Waals surface area contributed by atoms with E-state index in [0.717, 1.165) is 4.31 Å². The topological polar surface area (TPSA) is 106 Å². The summed E-state index contributed by atoms with van der Waals surface area (Å²) in [6, 6.07) is 18.3. The van der Waals surface area contributed by atoms with E-state index < -0.39 is 15.9 Å². The number of nitrogens with one attached hydrogen (secondary N) is 1. The number of pyridine rings is 1. The molecule has 0 saturated heterocycles. The van der Waals surface area contributed by atoms with Gasteiger partial charge in [0, 0.05) is 30.9 Å². The molecular weight excluding hydrogens is 416 g/mol. The zero-order valence-corrected chi connectivity index (χ0v) is 18.0. The zero-order chi connectivity index (χ0) is 22.3. The van der Waals surface area contributed by atoms with Gasteiger partial charge in [0.05, 0.1) is 10.6 Å². The van der Waals surface area contributed by atoms with Crippen LogP contribution in [-0.4, -0.2) is 34.5 Å². The van der Waals surface area contributed by atoms with Crippen molar-refractivity contribution in [3.05, 3.63) is 79.1 Å². The molecule has 0 aliphatic carbocycles. The van der Waals surface area contributed by atoms with E-state index in [1.165, 1.54) is 19.2 Å². The lowest BCUT2D eigenvalue weighted by atomic mass is 10.3. The number of carbonyl (C=O) groups is 1. The summed E-state index contributed by atoms with van der Waals surface area (Å²) in [5.74, 6) is 0.0734. The Morgan fingerprint density at radius 1 is 1.06 bits per heavy atom. The number of carbonyl (C=O) groups excluding carboxylic acids is 1. The molecule has 3 rings (SSSR count). The first-order chi connectivity index (χ1) is 14.9. The number of rotatable bonds is 9. The third kappa shape index (κ3) is 5.73. The van der Waals surface area contributed by atoms with Gasteiger partial charge >= 0.3 is 0 Å². The van der Waals surface area contributed by atoms with Gasteiger partial charge in [-0.25, -0.2) is 13.0 Å². The third-order valence-corrected chi connectivity index (χ3v) is 6.33. The quantitative estimate of drug-likeness (QED) is 0.491. The average Bonchev–Trinajstić information content (AvgIpc) is 2.79. The fourth-order valence-corrected chi connectivity index (χ4v) is 4.29. The highest BCUT2D eigenvalue weighted by Crippen LogP contribution is 2.27. The molecule has 3 N–H and O–H groups in total. The molecule has 0 saturated carbocycles.